The Morgan fingerprint density at radius 3 is 2.64 bits per heavy atom. The molecule has 1 fully saturated rings. The van der Waals surface area contributed by atoms with Crippen molar-refractivity contribution in [3.05, 3.63) is 0 Å². The molecule has 0 saturated heterocycles. The van der Waals surface area contributed by atoms with Crippen LogP contribution >= 0.6 is 11.6 Å². The predicted molar refractivity (Wildman–Crippen MR) is 58.7 cm³/mol. The highest BCUT2D eigenvalue weighted by Crippen LogP contribution is 2.16. The van der Waals surface area contributed by atoms with E-state index in [9.17, 15) is 4.79 Å². The number of carbonyl (C=O) groups is 1. The minimum atomic E-state index is -0.0793. The van der Waals surface area contributed by atoms with Gasteiger partial charge in [0.15, 0.2) is 0 Å². The van der Waals surface area contributed by atoms with Crippen LogP contribution in [0.3, 0.4) is 0 Å². The maximum absolute atomic E-state index is 11.3. The molecule has 1 aliphatic rings. The van der Waals surface area contributed by atoms with Crippen LogP contribution in [-0.4, -0.2) is 24.0 Å². The lowest BCUT2D eigenvalue weighted by molar-refractivity contribution is 0.232. The van der Waals surface area contributed by atoms with Gasteiger partial charge in [-0.2, -0.15) is 0 Å². The van der Waals surface area contributed by atoms with Crippen LogP contribution in [-0.2, 0) is 0 Å². The third-order valence-electron chi connectivity index (χ3n) is 2.48. The molecule has 2 amide bonds. The molecule has 1 rings (SSSR count). The van der Waals surface area contributed by atoms with Crippen LogP contribution in [0.25, 0.3) is 0 Å². The van der Waals surface area contributed by atoms with Gasteiger partial charge in [-0.1, -0.05) is 19.3 Å². The van der Waals surface area contributed by atoms with Crippen molar-refractivity contribution >= 4 is 17.6 Å². The summed E-state index contributed by atoms with van der Waals surface area (Å²) >= 11 is 5.72. The van der Waals surface area contributed by atoms with Crippen LogP contribution in [0.2, 0.25) is 0 Å². The lowest BCUT2D eigenvalue weighted by atomic mass is 9.96. The van der Waals surface area contributed by atoms with Crippen LogP contribution in [0.1, 0.15) is 39.0 Å². The van der Waals surface area contributed by atoms with Gasteiger partial charge in [-0.3, -0.25) is 0 Å². The summed E-state index contributed by atoms with van der Waals surface area (Å²) in [6.07, 6.45) is 6.00. The molecule has 0 heterocycles. The zero-order valence-corrected chi connectivity index (χ0v) is 9.44. The van der Waals surface area contributed by atoms with Gasteiger partial charge in [-0.15, -0.1) is 11.6 Å². The number of nitrogens with one attached hydrogen (secondary N) is 2. The first kappa shape index (κ1) is 11.6. The average molecular weight is 219 g/mol. The fourth-order valence-corrected chi connectivity index (χ4v) is 1.79. The Hall–Kier alpha value is -0.440. The first-order valence-electron chi connectivity index (χ1n) is 5.37. The number of carbonyl (C=O) groups excluding carboxylic acids is 1. The van der Waals surface area contributed by atoms with Crippen molar-refractivity contribution in [3.8, 4) is 0 Å². The number of hydrogen-bond acceptors (Lipinski definition) is 1. The smallest absolute Gasteiger partial charge is 0.315 e. The average Bonchev–Trinajstić information content (AvgIpc) is 2.16. The Balaban J connectivity index is 2.12. The highest BCUT2D eigenvalue weighted by atomic mass is 35.5. The molecule has 1 atom stereocenters. The molecule has 0 aromatic carbocycles. The predicted octanol–water partition coefficient (Wildman–Crippen LogP) is 2.25. The summed E-state index contributed by atoms with van der Waals surface area (Å²) in [6.45, 7) is 2.39. The summed E-state index contributed by atoms with van der Waals surface area (Å²) in [4.78, 5) is 11.3. The molecule has 1 unspecified atom stereocenters. The van der Waals surface area contributed by atoms with E-state index >= 15 is 0 Å². The van der Waals surface area contributed by atoms with E-state index in [2.05, 4.69) is 10.6 Å². The number of hydrogen-bond donors (Lipinski definition) is 2. The lowest BCUT2D eigenvalue weighted by Gasteiger charge is -2.23. The van der Waals surface area contributed by atoms with Crippen LogP contribution in [0, 0.1) is 0 Å². The Bertz CT molecular complexity index is 179. The van der Waals surface area contributed by atoms with E-state index in [1.54, 1.807) is 0 Å². The van der Waals surface area contributed by atoms with E-state index in [0.29, 0.717) is 12.6 Å². The topological polar surface area (TPSA) is 41.1 Å². The van der Waals surface area contributed by atoms with Gasteiger partial charge >= 0.3 is 6.03 Å². The van der Waals surface area contributed by atoms with E-state index in [1.165, 1.54) is 19.3 Å². The fourth-order valence-electron chi connectivity index (χ4n) is 1.72. The molecule has 14 heavy (non-hydrogen) atoms. The second kappa shape index (κ2) is 6.12. The van der Waals surface area contributed by atoms with Gasteiger partial charge in [0, 0.05) is 18.0 Å². The van der Waals surface area contributed by atoms with Crippen molar-refractivity contribution in [2.75, 3.05) is 6.54 Å². The second-order valence-electron chi connectivity index (χ2n) is 3.97. The summed E-state index contributed by atoms with van der Waals surface area (Å²) in [5.41, 5.74) is 0. The van der Waals surface area contributed by atoms with E-state index in [-0.39, 0.29) is 11.4 Å². The monoisotopic (exact) mass is 218 g/mol. The summed E-state index contributed by atoms with van der Waals surface area (Å²) in [6, 6.07) is 0.291. The molecule has 0 aliphatic heterocycles. The van der Waals surface area contributed by atoms with Gasteiger partial charge in [0.05, 0.1) is 0 Å². The minimum absolute atomic E-state index is 0.00731. The standard InChI is InChI=1S/C10H19ClN2O/c1-8(11)7-12-10(14)13-9-5-3-2-4-6-9/h8-9H,2-7H2,1H3,(H2,12,13,14). The number of amides is 2. The number of urea groups is 1. The zero-order valence-electron chi connectivity index (χ0n) is 8.68. The molecule has 1 aliphatic carbocycles. The highest BCUT2D eigenvalue weighted by molar-refractivity contribution is 6.20. The molecule has 0 radical (unpaired) electrons. The second-order valence-corrected chi connectivity index (χ2v) is 4.72. The van der Waals surface area contributed by atoms with Gasteiger partial charge < -0.3 is 10.6 Å². The van der Waals surface area contributed by atoms with Crippen LogP contribution in [0.5, 0.6) is 0 Å². The molecule has 0 bridgehead atoms. The third kappa shape index (κ3) is 4.70. The molecule has 2 N–H and O–H groups in total. The van der Waals surface area contributed by atoms with Crippen molar-refractivity contribution in [2.24, 2.45) is 0 Å². The van der Waals surface area contributed by atoms with Gasteiger partial charge in [-0.25, -0.2) is 4.79 Å². The normalized spacial score (nSPS) is 20.1. The summed E-state index contributed by atoms with van der Waals surface area (Å²) in [7, 11) is 0. The van der Waals surface area contributed by atoms with Crippen molar-refractivity contribution in [3.63, 3.8) is 0 Å². The Morgan fingerprint density at radius 1 is 1.43 bits per heavy atom. The molecule has 0 aromatic heterocycles. The summed E-state index contributed by atoms with van der Waals surface area (Å²) in [5.74, 6) is 0. The largest absolute Gasteiger partial charge is 0.337 e. The first-order valence-corrected chi connectivity index (χ1v) is 5.80. The Morgan fingerprint density at radius 2 is 2.07 bits per heavy atom. The van der Waals surface area contributed by atoms with Gasteiger partial charge in [0.2, 0.25) is 0 Å². The van der Waals surface area contributed by atoms with Crippen molar-refractivity contribution in [2.45, 2.75) is 50.4 Å². The molecule has 1 saturated carbocycles. The molecule has 0 spiro atoms. The van der Waals surface area contributed by atoms with Gasteiger partial charge in [0.25, 0.3) is 0 Å². The van der Waals surface area contributed by atoms with Crippen molar-refractivity contribution in [1.29, 1.82) is 0 Å². The maximum Gasteiger partial charge on any atom is 0.315 e. The molecular weight excluding hydrogens is 200 g/mol. The van der Waals surface area contributed by atoms with Crippen LogP contribution in [0.15, 0.2) is 0 Å². The first-order chi connectivity index (χ1) is 6.68. The van der Waals surface area contributed by atoms with E-state index in [1.807, 2.05) is 6.92 Å². The minimum Gasteiger partial charge on any atom is -0.337 e. The summed E-state index contributed by atoms with van der Waals surface area (Å²) in [5, 5.41) is 5.71. The van der Waals surface area contributed by atoms with E-state index in [4.69, 9.17) is 11.6 Å². The summed E-state index contributed by atoms with van der Waals surface area (Å²) < 4.78 is 0. The van der Waals surface area contributed by atoms with E-state index in [0.717, 1.165) is 12.8 Å². The van der Waals surface area contributed by atoms with Crippen LogP contribution in [0.4, 0.5) is 4.79 Å². The quantitative estimate of drug-likeness (QED) is 0.701. The fraction of sp³-hybridized carbons (Fsp3) is 0.900. The van der Waals surface area contributed by atoms with Crippen LogP contribution < -0.4 is 10.6 Å². The SMILES string of the molecule is CC(Cl)CNC(=O)NC1CCCCC1. The van der Waals surface area contributed by atoms with Crippen molar-refractivity contribution in [1.82, 2.24) is 10.6 Å². The van der Waals surface area contributed by atoms with Crippen molar-refractivity contribution < 1.29 is 4.79 Å². The maximum atomic E-state index is 11.3. The molecular formula is C10H19ClN2O. The number of rotatable bonds is 3. The number of alkyl halides is 1. The molecule has 0 aromatic rings. The number of halogens is 1. The molecule has 3 nitrogen and oxygen atoms in total. The van der Waals surface area contributed by atoms with Gasteiger partial charge in [0.1, 0.15) is 0 Å². The van der Waals surface area contributed by atoms with Gasteiger partial charge in [-0.05, 0) is 19.8 Å². The van der Waals surface area contributed by atoms with E-state index < -0.39 is 0 Å². The third-order valence-corrected chi connectivity index (χ3v) is 2.64. The molecule has 82 valence electrons. The molecule has 4 heteroatoms. The highest BCUT2D eigenvalue weighted by Gasteiger charge is 2.15. The Labute approximate surface area is 90.6 Å². The zero-order chi connectivity index (χ0) is 10.4. The lowest BCUT2D eigenvalue weighted by Crippen LogP contribution is -2.44. The Kier molecular flexibility index (Phi) is 5.09.